The Morgan fingerprint density at radius 1 is 0.556 bits per heavy atom. The fraction of sp³-hybridized carbons (Fsp3) is 0.240. The highest BCUT2D eigenvalue weighted by atomic mass is 16.3. The molecule has 0 aliphatic carbocycles. The van der Waals surface area contributed by atoms with Crippen molar-refractivity contribution < 1.29 is 5.11 Å². The monoisotopic (exact) mass is 709 g/mol. The Hall–Kier alpha value is -5.74. The molecule has 4 heteroatoms. The van der Waals surface area contributed by atoms with Crippen molar-refractivity contribution in [3.63, 3.8) is 0 Å². The zero-order valence-electron chi connectivity index (χ0n) is 33.1. The summed E-state index contributed by atoms with van der Waals surface area (Å²) in [6.45, 7) is 19.7. The van der Waals surface area contributed by atoms with Crippen molar-refractivity contribution in [2.24, 2.45) is 4.99 Å². The third kappa shape index (κ3) is 7.26. The van der Waals surface area contributed by atoms with Crippen molar-refractivity contribution in [1.29, 1.82) is 0 Å². The SMILES string of the molecule is CC(C)(C)c1ccc(-c2ccc(-c3cccc4c3nc(-c3ccccc3N=Cc3cc(C(C)(C)C)cc(C(C)(C)C)c3O)n4-c3ccccc3)cc2)cc1. The molecule has 6 aromatic carbocycles. The number of phenols is 1. The number of aromatic nitrogens is 2. The van der Waals surface area contributed by atoms with Gasteiger partial charge in [-0.25, -0.2) is 4.98 Å². The summed E-state index contributed by atoms with van der Waals surface area (Å²) in [6.07, 6.45) is 1.80. The predicted octanol–water partition coefficient (Wildman–Crippen LogP) is 13.4. The van der Waals surface area contributed by atoms with E-state index in [2.05, 4.69) is 176 Å². The predicted molar refractivity (Wildman–Crippen MR) is 229 cm³/mol. The Labute approximate surface area is 320 Å². The Morgan fingerprint density at radius 3 is 1.76 bits per heavy atom. The molecular weight excluding hydrogens is 659 g/mol. The molecule has 0 aliphatic heterocycles. The fourth-order valence-electron chi connectivity index (χ4n) is 7.03. The molecule has 1 aromatic heterocycles. The van der Waals surface area contributed by atoms with Gasteiger partial charge in [0, 0.05) is 34.2 Å². The van der Waals surface area contributed by atoms with Crippen LogP contribution in [-0.2, 0) is 16.2 Å². The number of phenolic OH excluding ortho intramolecular Hbond substituents is 1. The molecular formula is C50H51N3O. The maximum Gasteiger partial charge on any atom is 0.147 e. The summed E-state index contributed by atoms with van der Waals surface area (Å²) in [6, 6.07) is 46.8. The molecule has 0 amide bonds. The molecule has 0 atom stereocenters. The van der Waals surface area contributed by atoms with Crippen LogP contribution in [0.4, 0.5) is 5.69 Å². The molecule has 4 nitrogen and oxygen atoms in total. The molecule has 0 aliphatic rings. The first-order valence-corrected chi connectivity index (χ1v) is 18.9. The average Bonchev–Trinajstić information content (AvgIpc) is 3.53. The lowest BCUT2D eigenvalue weighted by molar-refractivity contribution is 0.444. The summed E-state index contributed by atoms with van der Waals surface area (Å²) >= 11 is 0. The van der Waals surface area contributed by atoms with Crippen LogP contribution >= 0.6 is 0 Å². The van der Waals surface area contributed by atoms with Crippen LogP contribution in [0.5, 0.6) is 5.75 Å². The van der Waals surface area contributed by atoms with E-state index in [4.69, 9.17) is 9.98 Å². The molecule has 0 saturated heterocycles. The molecule has 1 N–H and O–H groups in total. The number of benzene rings is 6. The van der Waals surface area contributed by atoms with E-state index in [0.29, 0.717) is 5.56 Å². The highest BCUT2D eigenvalue weighted by molar-refractivity contribution is 5.97. The number of aromatic hydroxyl groups is 1. The zero-order chi connectivity index (χ0) is 38.4. The van der Waals surface area contributed by atoms with Crippen molar-refractivity contribution >= 4 is 22.9 Å². The Balaban J connectivity index is 1.34. The maximum absolute atomic E-state index is 11.5. The highest BCUT2D eigenvalue weighted by Gasteiger charge is 2.25. The van der Waals surface area contributed by atoms with Crippen molar-refractivity contribution in [3.05, 3.63) is 156 Å². The molecule has 54 heavy (non-hydrogen) atoms. The topological polar surface area (TPSA) is 50.4 Å². The first kappa shape index (κ1) is 36.6. The van der Waals surface area contributed by atoms with E-state index in [1.807, 2.05) is 24.3 Å². The summed E-state index contributed by atoms with van der Waals surface area (Å²) < 4.78 is 2.23. The van der Waals surface area contributed by atoms with Gasteiger partial charge < -0.3 is 5.11 Å². The third-order valence-electron chi connectivity index (χ3n) is 10.3. The molecule has 0 saturated carbocycles. The Kier molecular flexibility index (Phi) is 9.43. The van der Waals surface area contributed by atoms with Crippen LogP contribution in [0.2, 0.25) is 0 Å². The molecule has 1 heterocycles. The van der Waals surface area contributed by atoms with Crippen LogP contribution in [0, 0.1) is 0 Å². The fourth-order valence-corrected chi connectivity index (χ4v) is 7.03. The first-order chi connectivity index (χ1) is 25.6. The van der Waals surface area contributed by atoms with Gasteiger partial charge in [-0.05, 0) is 80.5 Å². The minimum absolute atomic E-state index is 0.0928. The average molecular weight is 710 g/mol. The van der Waals surface area contributed by atoms with Gasteiger partial charge in [0.1, 0.15) is 11.6 Å². The van der Waals surface area contributed by atoms with Gasteiger partial charge in [0.25, 0.3) is 0 Å². The van der Waals surface area contributed by atoms with Crippen molar-refractivity contribution in [1.82, 2.24) is 9.55 Å². The molecule has 0 spiro atoms. The lowest BCUT2D eigenvalue weighted by Crippen LogP contribution is -2.17. The van der Waals surface area contributed by atoms with Crippen molar-refractivity contribution in [3.8, 4) is 45.1 Å². The normalized spacial score (nSPS) is 12.5. The van der Waals surface area contributed by atoms with E-state index in [1.54, 1.807) is 6.21 Å². The van der Waals surface area contributed by atoms with Crippen LogP contribution in [0.15, 0.2) is 138 Å². The second kappa shape index (κ2) is 13.9. The standard InChI is InChI=1S/C50H51N3O/c1-48(2,3)37-28-26-34(27-29-37)33-22-24-35(25-23-33)40-19-15-21-44-45(40)52-47(53(44)39-16-11-10-12-17-39)41-18-13-14-20-43(41)51-32-36-30-38(49(4,5)6)31-42(46(36)54)50(7,8)9/h10-32,54H,1-9H3. The van der Waals surface area contributed by atoms with Crippen LogP contribution < -0.4 is 0 Å². The van der Waals surface area contributed by atoms with Gasteiger partial charge in [0.05, 0.1) is 16.7 Å². The molecule has 7 aromatic rings. The summed E-state index contributed by atoms with van der Waals surface area (Å²) in [7, 11) is 0. The first-order valence-electron chi connectivity index (χ1n) is 18.9. The third-order valence-corrected chi connectivity index (χ3v) is 10.3. The number of imidazole rings is 1. The number of para-hydroxylation sites is 3. The van der Waals surface area contributed by atoms with E-state index in [9.17, 15) is 5.11 Å². The number of hydrogen-bond donors (Lipinski definition) is 1. The van der Waals surface area contributed by atoms with Gasteiger partial charge in [-0.15, -0.1) is 0 Å². The number of rotatable bonds is 6. The van der Waals surface area contributed by atoms with Gasteiger partial charge in [-0.3, -0.25) is 9.56 Å². The van der Waals surface area contributed by atoms with E-state index in [0.717, 1.165) is 56.0 Å². The van der Waals surface area contributed by atoms with Crippen LogP contribution in [-0.4, -0.2) is 20.9 Å². The van der Waals surface area contributed by atoms with E-state index in [-0.39, 0.29) is 22.0 Å². The molecule has 272 valence electrons. The van der Waals surface area contributed by atoms with Gasteiger partial charge >= 0.3 is 0 Å². The molecule has 0 bridgehead atoms. The minimum Gasteiger partial charge on any atom is -0.507 e. The minimum atomic E-state index is -0.234. The van der Waals surface area contributed by atoms with Crippen LogP contribution in [0.25, 0.3) is 50.4 Å². The number of hydrogen-bond acceptors (Lipinski definition) is 3. The van der Waals surface area contributed by atoms with Crippen LogP contribution in [0.3, 0.4) is 0 Å². The summed E-state index contributed by atoms with van der Waals surface area (Å²) in [4.78, 5) is 10.5. The van der Waals surface area contributed by atoms with Gasteiger partial charge in [0.2, 0.25) is 0 Å². The number of aliphatic imine (C=N–C) groups is 1. The zero-order valence-corrected chi connectivity index (χ0v) is 33.1. The Bertz CT molecular complexity index is 2470. The second-order valence-electron chi connectivity index (χ2n) is 17.4. The highest BCUT2D eigenvalue weighted by Crippen LogP contribution is 2.40. The molecule has 0 unspecified atom stereocenters. The van der Waals surface area contributed by atoms with Crippen LogP contribution in [0.1, 0.15) is 84.6 Å². The lowest BCUT2D eigenvalue weighted by Gasteiger charge is -2.27. The van der Waals surface area contributed by atoms with Crippen molar-refractivity contribution in [2.45, 2.75) is 78.6 Å². The van der Waals surface area contributed by atoms with E-state index in [1.165, 1.54) is 16.7 Å². The summed E-state index contributed by atoms with van der Waals surface area (Å²) in [5, 5.41) is 11.5. The Morgan fingerprint density at radius 2 is 1.13 bits per heavy atom. The largest absolute Gasteiger partial charge is 0.507 e. The smallest absolute Gasteiger partial charge is 0.147 e. The van der Waals surface area contributed by atoms with E-state index < -0.39 is 0 Å². The molecule has 7 rings (SSSR count). The van der Waals surface area contributed by atoms with E-state index >= 15 is 0 Å². The number of nitrogens with zero attached hydrogens (tertiary/aromatic N) is 3. The molecule has 0 fully saturated rings. The summed E-state index contributed by atoms with van der Waals surface area (Å²) in [5.41, 5.74) is 13.1. The van der Waals surface area contributed by atoms with Gasteiger partial charge in [-0.2, -0.15) is 0 Å². The van der Waals surface area contributed by atoms with Crippen molar-refractivity contribution in [2.75, 3.05) is 0 Å². The lowest BCUT2D eigenvalue weighted by atomic mass is 9.79. The number of fused-ring (bicyclic) bond motifs is 1. The second-order valence-corrected chi connectivity index (χ2v) is 17.4. The molecule has 0 radical (unpaired) electrons. The quantitative estimate of drug-likeness (QED) is 0.175. The summed E-state index contributed by atoms with van der Waals surface area (Å²) in [5.74, 6) is 1.07. The van der Waals surface area contributed by atoms with Gasteiger partial charge in [0.15, 0.2) is 0 Å². The maximum atomic E-state index is 11.5. The van der Waals surface area contributed by atoms with Gasteiger partial charge in [-0.1, -0.05) is 159 Å².